The molecule has 0 fully saturated rings. The maximum atomic E-state index is 4.44. The summed E-state index contributed by atoms with van der Waals surface area (Å²) < 4.78 is 1.37. The van der Waals surface area contributed by atoms with E-state index in [-0.39, 0.29) is 0 Å². The van der Waals surface area contributed by atoms with E-state index in [2.05, 4.69) is 76.1 Å². The predicted octanol–water partition coefficient (Wildman–Crippen LogP) is 5.00. The number of benzene rings is 2. The number of hydrogen-bond acceptors (Lipinski definition) is 5. The zero-order chi connectivity index (χ0) is 20.0. The molecule has 4 nitrogen and oxygen atoms in total. The highest BCUT2D eigenvalue weighted by Gasteiger charge is 2.25. The van der Waals surface area contributed by atoms with Crippen LogP contribution >= 0.6 is 11.3 Å². The third-order valence-electron chi connectivity index (χ3n) is 5.74. The Morgan fingerprint density at radius 3 is 2.69 bits per heavy atom. The molecule has 0 amide bonds. The van der Waals surface area contributed by atoms with E-state index in [1.165, 1.54) is 26.8 Å². The van der Waals surface area contributed by atoms with Crippen LogP contribution < -0.4 is 4.90 Å². The molecule has 1 unspecified atom stereocenters. The first-order valence-corrected chi connectivity index (χ1v) is 10.8. The van der Waals surface area contributed by atoms with Crippen molar-refractivity contribution in [2.45, 2.75) is 12.5 Å². The first-order chi connectivity index (χ1) is 14.1. The van der Waals surface area contributed by atoms with E-state index in [4.69, 9.17) is 0 Å². The van der Waals surface area contributed by atoms with Crippen LogP contribution in [-0.2, 0) is 6.54 Å². The zero-order valence-corrected chi connectivity index (χ0v) is 17.8. The molecule has 1 aliphatic heterocycles. The van der Waals surface area contributed by atoms with Gasteiger partial charge in [-0.2, -0.15) is 0 Å². The second-order valence-electron chi connectivity index (χ2n) is 8.05. The lowest BCUT2D eigenvalue weighted by Gasteiger charge is -2.33. The van der Waals surface area contributed by atoms with Crippen molar-refractivity contribution in [3.05, 3.63) is 76.7 Å². The number of likely N-dealkylation sites (N-methyl/N-ethyl adjacent to an activating group) is 1. The Labute approximate surface area is 175 Å². The molecule has 1 atom stereocenters. The second-order valence-corrected chi connectivity index (χ2v) is 9.00. The largest absolute Gasteiger partial charge is 0.361 e. The quantitative estimate of drug-likeness (QED) is 0.484. The van der Waals surface area contributed by atoms with Crippen LogP contribution in [0, 0.1) is 0 Å². The molecule has 29 heavy (non-hydrogen) atoms. The fraction of sp³-hybridized carbons (Fsp3) is 0.250. The highest BCUT2D eigenvalue weighted by atomic mass is 32.1. The highest BCUT2D eigenvalue weighted by Crippen LogP contribution is 2.36. The molecule has 1 aliphatic rings. The van der Waals surface area contributed by atoms with Crippen LogP contribution in [-0.4, -0.2) is 42.8 Å². The second kappa shape index (κ2) is 7.25. The molecular formula is C24H24N4S. The Kier molecular flexibility index (Phi) is 4.57. The molecule has 0 saturated heterocycles. The van der Waals surface area contributed by atoms with Crippen LogP contribution in [0.2, 0.25) is 0 Å². The summed E-state index contributed by atoms with van der Waals surface area (Å²) in [7, 11) is 6.16. The van der Waals surface area contributed by atoms with E-state index in [0.29, 0.717) is 5.92 Å². The molecule has 3 heterocycles. The van der Waals surface area contributed by atoms with Gasteiger partial charge in [0.05, 0.1) is 5.69 Å². The number of thiophene rings is 1. The maximum Gasteiger partial charge on any atom is 0.150 e. The minimum absolute atomic E-state index is 0.395. The van der Waals surface area contributed by atoms with E-state index < -0.39 is 0 Å². The summed E-state index contributed by atoms with van der Waals surface area (Å²) in [5.74, 6) is 1.27. The summed E-state index contributed by atoms with van der Waals surface area (Å²) in [6.45, 7) is 2.00. The minimum Gasteiger partial charge on any atom is -0.361 e. The van der Waals surface area contributed by atoms with Crippen molar-refractivity contribution in [2.24, 2.45) is 0 Å². The molecule has 0 radical (unpaired) electrons. The van der Waals surface area contributed by atoms with Gasteiger partial charge in [-0.15, -0.1) is 21.5 Å². The molecule has 5 heteroatoms. The van der Waals surface area contributed by atoms with Crippen LogP contribution in [0.1, 0.15) is 22.6 Å². The first kappa shape index (κ1) is 18.3. The van der Waals surface area contributed by atoms with Gasteiger partial charge in [0.2, 0.25) is 0 Å². The van der Waals surface area contributed by atoms with Gasteiger partial charge in [-0.3, -0.25) is 0 Å². The summed E-state index contributed by atoms with van der Waals surface area (Å²) in [6.07, 6.45) is 0. The van der Waals surface area contributed by atoms with Crippen molar-refractivity contribution in [3.63, 3.8) is 0 Å². The molecule has 5 rings (SSSR count). The van der Waals surface area contributed by atoms with Crippen LogP contribution in [0.15, 0.2) is 60.0 Å². The molecule has 4 aromatic rings. The molecule has 2 aromatic heterocycles. The number of nitrogens with zero attached hydrogens (tertiary/aromatic N) is 4. The lowest BCUT2D eigenvalue weighted by Crippen LogP contribution is -2.31. The summed E-state index contributed by atoms with van der Waals surface area (Å²) in [4.78, 5) is 4.38. The van der Waals surface area contributed by atoms with Crippen LogP contribution in [0.5, 0.6) is 0 Å². The van der Waals surface area contributed by atoms with Crippen LogP contribution in [0.4, 0.5) is 5.82 Å². The van der Waals surface area contributed by atoms with E-state index in [0.717, 1.165) is 30.2 Å². The smallest absolute Gasteiger partial charge is 0.150 e. The number of hydrogen-bond donors (Lipinski definition) is 0. The Morgan fingerprint density at radius 2 is 1.90 bits per heavy atom. The van der Waals surface area contributed by atoms with Crippen molar-refractivity contribution in [3.8, 4) is 11.3 Å². The highest BCUT2D eigenvalue weighted by molar-refractivity contribution is 7.17. The van der Waals surface area contributed by atoms with Crippen molar-refractivity contribution in [2.75, 3.05) is 32.6 Å². The van der Waals surface area contributed by atoms with Crippen molar-refractivity contribution >= 4 is 27.2 Å². The van der Waals surface area contributed by atoms with Gasteiger partial charge in [-0.1, -0.05) is 24.3 Å². The number of anilines is 1. The molecule has 2 aromatic carbocycles. The van der Waals surface area contributed by atoms with E-state index in [1.807, 2.05) is 36.4 Å². The van der Waals surface area contributed by atoms with Gasteiger partial charge in [0, 0.05) is 43.4 Å². The zero-order valence-electron chi connectivity index (χ0n) is 17.0. The molecule has 0 N–H and O–H groups in total. The third kappa shape index (κ3) is 3.41. The molecule has 0 saturated carbocycles. The van der Waals surface area contributed by atoms with Crippen molar-refractivity contribution < 1.29 is 0 Å². The summed E-state index contributed by atoms with van der Waals surface area (Å²) in [5.41, 5.74) is 6.26. The summed E-state index contributed by atoms with van der Waals surface area (Å²) >= 11 is 1.82. The first-order valence-electron chi connectivity index (χ1n) is 9.88. The number of rotatable bonds is 3. The van der Waals surface area contributed by atoms with Gasteiger partial charge in [0.25, 0.3) is 0 Å². The lowest BCUT2D eigenvalue weighted by atomic mass is 9.83. The molecule has 0 aliphatic carbocycles. The lowest BCUT2D eigenvalue weighted by molar-refractivity contribution is 0.295. The van der Waals surface area contributed by atoms with Gasteiger partial charge < -0.3 is 9.80 Å². The average Bonchev–Trinajstić information content (AvgIpc) is 3.20. The van der Waals surface area contributed by atoms with E-state index in [1.54, 1.807) is 0 Å². The number of fused-ring (bicyclic) bond motifs is 2. The topological polar surface area (TPSA) is 32.3 Å². The van der Waals surface area contributed by atoms with Crippen LogP contribution in [0.3, 0.4) is 0 Å². The van der Waals surface area contributed by atoms with Gasteiger partial charge in [0.15, 0.2) is 5.82 Å². The Bertz CT molecular complexity index is 1160. The van der Waals surface area contributed by atoms with Gasteiger partial charge >= 0.3 is 0 Å². The van der Waals surface area contributed by atoms with Crippen molar-refractivity contribution in [1.82, 2.24) is 15.1 Å². The Hall–Kier alpha value is -2.76. The minimum atomic E-state index is 0.395. The fourth-order valence-corrected chi connectivity index (χ4v) is 5.04. The normalized spacial score (nSPS) is 16.7. The van der Waals surface area contributed by atoms with Crippen LogP contribution in [0.25, 0.3) is 21.3 Å². The van der Waals surface area contributed by atoms with Crippen molar-refractivity contribution in [1.29, 1.82) is 0 Å². The summed E-state index contributed by atoms with van der Waals surface area (Å²) in [6, 6.07) is 20.0. The van der Waals surface area contributed by atoms with Gasteiger partial charge in [-0.25, -0.2) is 0 Å². The molecular weight excluding hydrogens is 376 g/mol. The average molecular weight is 401 g/mol. The van der Waals surface area contributed by atoms with Gasteiger partial charge in [0.1, 0.15) is 0 Å². The number of aromatic nitrogens is 2. The standard InChI is InChI=1S/C24H24N4S/c1-27(2)24-9-8-22(25-26-24)18-6-7-20-19(12-18)14-28(3)15-21(20)17-5-4-16-10-11-29-23(16)13-17/h4-13,21H,14-15H2,1-3H3. The summed E-state index contributed by atoms with van der Waals surface area (Å²) in [5, 5.41) is 12.3. The molecule has 0 spiro atoms. The third-order valence-corrected chi connectivity index (χ3v) is 6.62. The maximum absolute atomic E-state index is 4.44. The van der Waals surface area contributed by atoms with E-state index in [9.17, 15) is 0 Å². The SMILES string of the molecule is CN1Cc2cc(-c3ccc(N(C)C)nn3)ccc2C(c2ccc3ccsc3c2)C1. The molecule has 146 valence electrons. The monoisotopic (exact) mass is 400 g/mol. The Morgan fingerprint density at radius 1 is 1.00 bits per heavy atom. The fourth-order valence-electron chi connectivity index (χ4n) is 4.20. The van der Waals surface area contributed by atoms with Gasteiger partial charge in [-0.05, 0) is 64.8 Å². The predicted molar refractivity (Wildman–Crippen MR) is 122 cm³/mol. The molecule has 0 bridgehead atoms. The Balaban J connectivity index is 1.53. The van der Waals surface area contributed by atoms with E-state index >= 15 is 0 Å².